The van der Waals surface area contributed by atoms with Crippen LogP contribution in [0.5, 0.6) is 5.75 Å². The lowest BCUT2D eigenvalue weighted by Crippen LogP contribution is -2.46. The number of rotatable bonds is 5. The molecule has 0 bridgehead atoms. The van der Waals surface area contributed by atoms with Gasteiger partial charge in [-0.1, -0.05) is 37.8 Å². The Labute approximate surface area is 145 Å². The van der Waals surface area contributed by atoms with E-state index in [1.165, 1.54) is 38.5 Å². The van der Waals surface area contributed by atoms with Crippen molar-refractivity contribution in [3.63, 3.8) is 0 Å². The molecule has 2 fully saturated rings. The van der Waals surface area contributed by atoms with Gasteiger partial charge in [-0.3, -0.25) is 9.69 Å². The minimum absolute atomic E-state index is 0.168. The van der Waals surface area contributed by atoms with E-state index in [1.807, 2.05) is 24.3 Å². The van der Waals surface area contributed by atoms with Gasteiger partial charge in [-0.25, -0.2) is 0 Å². The number of ether oxygens (including phenoxy) is 1. The molecule has 0 spiro atoms. The molecule has 4 heteroatoms. The lowest BCUT2D eigenvalue weighted by atomic mass is 9.94. The maximum absolute atomic E-state index is 13.1. The maximum atomic E-state index is 13.1. The van der Waals surface area contributed by atoms with E-state index in [0.717, 1.165) is 37.2 Å². The number of carbonyl (C=O) groups excluding carboxylic acids is 1. The second-order valence-corrected chi connectivity index (χ2v) is 7.12. The molecule has 1 aromatic rings. The molecule has 1 aliphatic carbocycles. The number of piperidine rings is 1. The highest BCUT2D eigenvalue weighted by Gasteiger charge is 2.30. The van der Waals surface area contributed by atoms with Gasteiger partial charge in [0.1, 0.15) is 11.8 Å². The number of hydrogen-bond acceptors (Lipinski definition) is 3. The van der Waals surface area contributed by atoms with Crippen LogP contribution in [0, 0.1) is 0 Å². The number of likely N-dealkylation sites (tertiary alicyclic amines) is 1. The van der Waals surface area contributed by atoms with Crippen LogP contribution in [0.1, 0.15) is 63.0 Å². The number of methoxy groups -OCH3 is 1. The van der Waals surface area contributed by atoms with Gasteiger partial charge in [0.15, 0.2) is 0 Å². The molecule has 1 amide bonds. The van der Waals surface area contributed by atoms with Crippen molar-refractivity contribution in [2.45, 2.75) is 63.5 Å². The van der Waals surface area contributed by atoms with Crippen LogP contribution in [0.4, 0.5) is 0 Å². The number of benzene rings is 1. The average Bonchev–Trinajstić information content (AvgIpc) is 2.64. The number of nitrogens with zero attached hydrogens (tertiary/aromatic N) is 1. The summed E-state index contributed by atoms with van der Waals surface area (Å²) in [5.74, 6) is 1.01. The lowest BCUT2D eigenvalue weighted by Gasteiger charge is -2.35. The van der Waals surface area contributed by atoms with Crippen molar-refractivity contribution in [2.75, 3.05) is 20.2 Å². The molecule has 1 saturated carbocycles. The maximum Gasteiger partial charge on any atom is 0.242 e. The minimum atomic E-state index is -0.168. The molecule has 1 aromatic carbocycles. The molecule has 0 aromatic heterocycles. The third-order valence-corrected chi connectivity index (χ3v) is 5.39. The topological polar surface area (TPSA) is 41.6 Å². The molecule has 1 unspecified atom stereocenters. The monoisotopic (exact) mass is 330 g/mol. The van der Waals surface area contributed by atoms with Gasteiger partial charge in [0.05, 0.1) is 7.11 Å². The predicted octanol–water partition coefficient (Wildman–Crippen LogP) is 3.67. The Morgan fingerprint density at radius 1 is 1.04 bits per heavy atom. The fraction of sp³-hybridized carbons (Fsp3) is 0.650. The summed E-state index contributed by atoms with van der Waals surface area (Å²) in [6.07, 6.45) is 9.68. The Bertz CT molecular complexity index is 517. The zero-order chi connectivity index (χ0) is 16.8. The molecule has 4 nitrogen and oxygen atoms in total. The normalized spacial score (nSPS) is 21.2. The molecule has 1 N–H and O–H groups in total. The predicted molar refractivity (Wildman–Crippen MR) is 96.2 cm³/mol. The van der Waals surface area contributed by atoms with Crippen LogP contribution in [0.2, 0.25) is 0 Å². The highest BCUT2D eigenvalue weighted by molar-refractivity contribution is 5.83. The zero-order valence-corrected chi connectivity index (χ0v) is 14.8. The van der Waals surface area contributed by atoms with Crippen LogP contribution in [0.25, 0.3) is 0 Å². The van der Waals surface area contributed by atoms with Crippen molar-refractivity contribution in [1.82, 2.24) is 10.2 Å². The summed E-state index contributed by atoms with van der Waals surface area (Å²) in [5.41, 5.74) is 1.08. The van der Waals surface area contributed by atoms with E-state index >= 15 is 0 Å². The van der Waals surface area contributed by atoms with E-state index in [4.69, 9.17) is 4.74 Å². The Hall–Kier alpha value is -1.55. The summed E-state index contributed by atoms with van der Waals surface area (Å²) in [7, 11) is 1.67. The summed E-state index contributed by atoms with van der Waals surface area (Å²) in [5, 5.41) is 3.33. The Kier molecular flexibility index (Phi) is 6.13. The summed E-state index contributed by atoms with van der Waals surface area (Å²) in [6.45, 7) is 2.02. The number of nitrogens with one attached hydrogen (secondary N) is 1. The number of carbonyl (C=O) groups is 1. The third-order valence-electron chi connectivity index (χ3n) is 5.39. The van der Waals surface area contributed by atoms with Gasteiger partial charge in [0, 0.05) is 6.04 Å². The van der Waals surface area contributed by atoms with Crippen LogP contribution < -0.4 is 10.1 Å². The first-order valence-electron chi connectivity index (χ1n) is 9.46. The van der Waals surface area contributed by atoms with Crippen molar-refractivity contribution in [1.29, 1.82) is 0 Å². The van der Waals surface area contributed by atoms with Gasteiger partial charge in [-0.2, -0.15) is 0 Å². The van der Waals surface area contributed by atoms with Crippen molar-refractivity contribution < 1.29 is 9.53 Å². The molecule has 0 radical (unpaired) electrons. The smallest absolute Gasteiger partial charge is 0.242 e. The average molecular weight is 330 g/mol. The van der Waals surface area contributed by atoms with Crippen molar-refractivity contribution in [2.24, 2.45) is 0 Å². The number of amides is 1. The van der Waals surface area contributed by atoms with E-state index in [2.05, 4.69) is 10.2 Å². The van der Waals surface area contributed by atoms with Gasteiger partial charge in [-0.15, -0.1) is 0 Å². The first-order valence-corrected chi connectivity index (χ1v) is 9.46. The fourth-order valence-electron chi connectivity index (χ4n) is 4.02. The van der Waals surface area contributed by atoms with Gasteiger partial charge >= 0.3 is 0 Å². The van der Waals surface area contributed by atoms with Crippen molar-refractivity contribution >= 4 is 5.91 Å². The number of hydrogen-bond donors (Lipinski definition) is 1. The first kappa shape index (κ1) is 17.3. The molecule has 1 saturated heterocycles. The van der Waals surface area contributed by atoms with E-state index < -0.39 is 0 Å². The first-order chi connectivity index (χ1) is 11.8. The van der Waals surface area contributed by atoms with Gasteiger partial charge in [0.25, 0.3) is 0 Å². The largest absolute Gasteiger partial charge is 0.497 e. The lowest BCUT2D eigenvalue weighted by molar-refractivity contribution is -0.128. The minimum Gasteiger partial charge on any atom is -0.497 e. The highest BCUT2D eigenvalue weighted by Crippen LogP contribution is 2.27. The standard InChI is InChI=1S/C20H30N2O2/c1-24-18-12-10-16(11-13-18)19(22-14-6-3-7-15-22)20(23)21-17-8-4-2-5-9-17/h10-13,17,19H,2-9,14-15H2,1H3,(H,21,23). The molecule has 132 valence electrons. The molecule has 1 aliphatic heterocycles. The van der Waals surface area contributed by atoms with E-state index in [9.17, 15) is 4.79 Å². The van der Waals surface area contributed by atoms with E-state index in [1.54, 1.807) is 7.11 Å². The summed E-state index contributed by atoms with van der Waals surface area (Å²) in [6, 6.07) is 8.19. The highest BCUT2D eigenvalue weighted by atomic mass is 16.5. The molecule has 2 aliphatic rings. The van der Waals surface area contributed by atoms with Crippen molar-refractivity contribution in [3.8, 4) is 5.75 Å². The Morgan fingerprint density at radius 2 is 1.67 bits per heavy atom. The van der Waals surface area contributed by atoms with Crippen LogP contribution >= 0.6 is 0 Å². The Morgan fingerprint density at radius 3 is 2.29 bits per heavy atom. The second-order valence-electron chi connectivity index (χ2n) is 7.12. The molecule has 1 heterocycles. The molecular formula is C20H30N2O2. The van der Waals surface area contributed by atoms with Gasteiger partial charge in [0.2, 0.25) is 5.91 Å². The van der Waals surface area contributed by atoms with Gasteiger partial charge in [-0.05, 0) is 56.5 Å². The fourth-order valence-corrected chi connectivity index (χ4v) is 4.02. The SMILES string of the molecule is COc1ccc(C(C(=O)NC2CCCCC2)N2CCCCC2)cc1. The summed E-state index contributed by atoms with van der Waals surface area (Å²) in [4.78, 5) is 15.4. The summed E-state index contributed by atoms with van der Waals surface area (Å²) >= 11 is 0. The molecule has 24 heavy (non-hydrogen) atoms. The third kappa shape index (κ3) is 4.29. The van der Waals surface area contributed by atoms with Crippen LogP contribution in [0.15, 0.2) is 24.3 Å². The Balaban J connectivity index is 1.75. The quantitative estimate of drug-likeness (QED) is 0.895. The van der Waals surface area contributed by atoms with Crippen LogP contribution in [-0.2, 0) is 4.79 Å². The second kappa shape index (κ2) is 8.52. The van der Waals surface area contributed by atoms with E-state index in [0.29, 0.717) is 6.04 Å². The van der Waals surface area contributed by atoms with E-state index in [-0.39, 0.29) is 11.9 Å². The van der Waals surface area contributed by atoms with Gasteiger partial charge < -0.3 is 10.1 Å². The zero-order valence-electron chi connectivity index (χ0n) is 14.8. The van der Waals surface area contributed by atoms with Crippen LogP contribution in [0.3, 0.4) is 0 Å². The molecular weight excluding hydrogens is 300 g/mol. The summed E-state index contributed by atoms with van der Waals surface area (Å²) < 4.78 is 5.26. The van der Waals surface area contributed by atoms with Crippen molar-refractivity contribution in [3.05, 3.63) is 29.8 Å². The molecule has 1 atom stereocenters. The van der Waals surface area contributed by atoms with Crippen LogP contribution in [-0.4, -0.2) is 37.0 Å². The molecule has 3 rings (SSSR count).